The Kier molecular flexibility index (Phi) is 11.5. The van der Waals surface area contributed by atoms with Gasteiger partial charge in [0.1, 0.15) is 31.0 Å². The fourth-order valence-electron chi connectivity index (χ4n) is 2.34. The minimum atomic E-state index is -1.40. The SMILES string of the molecule is C=CC(=O)NCCSCCCO[C@@H]1O[C@H](CO)[C@@H](O)[C@H](OCC(=O)O)[C@@H]1O. The third kappa shape index (κ3) is 8.56. The van der Waals surface area contributed by atoms with Crippen molar-refractivity contribution in [1.82, 2.24) is 5.32 Å². The standard InChI is InChI=1S/C16H27NO9S/c1-2-11(19)17-4-7-27-6-3-5-24-16-14(23)15(25-9-12(20)21)13(22)10(8-18)26-16/h2,10,13-16,18,22-23H,1,3-9H2,(H,17,19)(H,20,21)/t10-,13-,14+,15+,16-/m1/s1. The topological polar surface area (TPSA) is 155 Å². The molecule has 1 rings (SSSR count). The summed E-state index contributed by atoms with van der Waals surface area (Å²) >= 11 is 1.61. The van der Waals surface area contributed by atoms with Crippen LogP contribution in [0.2, 0.25) is 0 Å². The molecule has 0 unspecified atom stereocenters. The third-order valence-electron chi connectivity index (χ3n) is 3.67. The van der Waals surface area contributed by atoms with Crippen molar-refractivity contribution in [2.75, 3.05) is 37.9 Å². The molecule has 0 radical (unpaired) electrons. The van der Waals surface area contributed by atoms with Gasteiger partial charge in [-0.3, -0.25) is 4.79 Å². The molecule has 27 heavy (non-hydrogen) atoms. The zero-order chi connectivity index (χ0) is 20.2. The Morgan fingerprint density at radius 2 is 1.96 bits per heavy atom. The maximum absolute atomic E-state index is 11.0. The summed E-state index contributed by atoms with van der Waals surface area (Å²) in [6.07, 6.45) is -4.40. The molecular formula is C16H27NO9S. The van der Waals surface area contributed by atoms with Gasteiger partial charge in [-0.15, -0.1) is 0 Å². The van der Waals surface area contributed by atoms with E-state index in [0.717, 1.165) is 11.5 Å². The molecule has 1 saturated heterocycles. The molecule has 5 N–H and O–H groups in total. The molecule has 10 nitrogen and oxygen atoms in total. The highest BCUT2D eigenvalue weighted by atomic mass is 32.2. The zero-order valence-electron chi connectivity index (χ0n) is 14.9. The molecule has 0 aromatic carbocycles. The molecule has 1 amide bonds. The van der Waals surface area contributed by atoms with Crippen LogP contribution in [0, 0.1) is 0 Å². The molecule has 1 heterocycles. The van der Waals surface area contributed by atoms with Gasteiger partial charge in [0.15, 0.2) is 6.29 Å². The lowest BCUT2D eigenvalue weighted by atomic mass is 9.99. The summed E-state index contributed by atoms with van der Waals surface area (Å²) in [4.78, 5) is 21.6. The van der Waals surface area contributed by atoms with E-state index in [0.29, 0.717) is 13.0 Å². The molecule has 0 bridgehead atoms. The number of aliphatic hydroxyl groups excluding tert-OH is 3. The van der Waals surface area contributed by atoms with Crippen LogP contribution < -0.4 is 5.32 Å². The zero-order valence-corrected chi connectivity index (χ0v) is 15.7. The first-order valence-electron chi connectivity index (χ1n) is 8.46. The first kappa shape index (κ1) is 23.8. The van der Waals surface area contributed by atoms with Crippen LogP contribution in [0.3, 0.4) is 0 Å². The van der Waals surface area contributed by atoms with Crippen molar-refractivity contribution >= 4 is 23.6 Å². The molecule has 0 aromatic heterocycles. The van der Waals surface area contributed by atoms with E-state index in [1.807, 2.05) is 0 Å². The van der Waals surface area contributed by atoms with E-state index in [-0.39, 0.29) is 12.5 Å². The monoisotopic (exact) mass is 409 g/mol. The van der Waals surface area contributed by atoms with Gasteiger partial charge in [0.05, 0.1) is 13.2 Å². The number of carbonyl (C=O) groups is 2. The van der Waals surface area contributed by atoms with E-state index < -0.39 is 49.9 Å². The number of nitrogens with one attached hydrogen (secondary N) is 1. The van der Waals surface area contributed by atoms with Crippen LogP contribution in [0.25, 0.3) is 0 Å². The van der Waals surface area contributed by atoms with Crippen molar-refractivity contribution < 1.29 is 44.2 Å². The van der Waals surface area contributed by atoms with Gasteiger partial charge in [-0.25, -0.2) is 4.79 Å². The maximum atomic E-state index is 11.0. The number of hydrogen-bond donors (Lipinski definition) is 5. The molecule has 11 heteroatoms. The first-order valence-corrected chi connectivity index (χ1v) is 9.61. The lowest BCUT2D eigenvalue weighted by Crippen LogP contribution is -2.60. The summed E-state index contributed by atoms with van der Waals surface area (Å²) in [6, 6.07) is 0. The van der Waals surface area contributed by atoms with Crippen molar-refractivity contribution in [2.24, 2.45) is 0 Å². The van der Waals surface area contributed by atoms with Crippen LogP contribution in [0.5, 0.6) is 0 Å². The fraction of sp³-hybridized carbons (Fsp3) is 0.750. The van der Waals surface area contributed by atoms with E-state index >= 15 is 0 Å². The maximum Gasteiger partial charge on any atom is 0.329 e. The summed E-state index contributed by atoms with van der Waals surface area (Å²) in [5.74, 6) is 0.00642. The summed E-state index contributed by atoms with van der Waals surface area (Å²) in [5, 5.41) is 40.8. The summed E-state index contributed by atoms with van der Waals surface area (Å²) in [7, 11) is 0. The molecule has 1 aliphatic rings. The summed E-state index contributed by atoms with van der Waals surface area (Å²) in [6.45, 7) is 2.89. The molecule has 5 atom stereocenters. The number of thioether (sulfide) groups is 1. The quantitative estimate of drug-likeness (QED) is 0.176. The second-order valence-corrected chi connectivity index (χ2v) is 6.93. The largest absolute Gasteiger partial charge is 0.480 e. The minimum absolute atomic E-state index is 0.220. The predicted octanol–water partition coefficient (Wildman–Crippen LogP) is -1.66. The van der Waals surface area contributed by atoms with E-state index in [2.05, 4.69) is 11.9 Å². The molecule has 0 aliphatic carbocycles. The molecular weight excluding hydrogens is 382 g/mol. The van der Waals surface area contributed by atoms with Gasteiger partial charge in [-0.1, -0.05) is 6.58 Å². The van der Waals surface area contributed by atoms with Crippen LogP contribution in [-0.4, -0.2) is 101 Å². The Hall–Kier alpha value is -1.21. The van der Waals surface area contributed by atoms with Crippen LogP contribution in [0.15, 0.2) is 12.7 Å². The Bertz CT molecular complexity index is 479. The van der Waals surface area contributed by atoms with Gasteiger partial charge in [0.2, 0.25) is 5.91 Å². The smallest absolute Gasteiger partial charge is 0.329 e. The van der Waals surface area contributed by atoms with Crippen molar-refractivity contribution in [3.05, 3.63) is 12.7 Å². The van der Waals surface area contributed by atoms with E-state index in [9.17, 15) is 24.9 Å². The number of carboxylic acids is 1. The first-order chi connectivity index (χ1) is 12.9. The lowest BCUT2D eigenvalue weighted by Gasteiger charge is -2.41. The molecule has 0 aromatic rings. The number of carboxylic acid groups (broad SMARTS) is 1. The molecule has 0 spiro atoms. The average molecular weight is 409 g/mol. The predicted molar refractivity (Wildman–Crippen MR) is 96.2 cm³/mol. The third-order valence-corrected chi connectivity index (χ3v) is 4.74. The number of aliphatic hydroxyl groups is 3. The van der Waals surface area contributed by atoms with Crippen molar-refractivity contribution in [2.45, 2.75) is 37.1 Å². The highest BCUT2D eigenvalue weighted by molar-refractivity contribution is 7.99. The van der Waals surface area contributed by atoms with Gasteiger partial charge in [0, 0.05) is 12.3 Å². The van der Waals surface area contributed by atoms with Crippen molar-refractivity contribution in [1.29, 1.82) is 0 Å². The van der Waals surface area contributed by atoms with Crippen LogP contribution >= 0.6 is 11.8 Å². The normalized spacial score (nSPS) is 27.9. The highest BCUT2D eigenvalue weighted by Crippen LogP contribution is 2.24. The average Bonchev–Trinajstić information content (AvgIpc) is 2.64. The number of carbonyl (C=O) groups excluding carboxylic acids is 1. The van der Waals surface area contributed by atoms with Gasteiger partial charge in [0.25, 0.3) is 0 Å². The van der Waals surface area contributed by atoms with E-state index in [1.165, 1.54) is 6.08 Å². The van der Waals surface area contributed by atoms with E-state index in [4.69, 9.17) is 19.3 Å². The van der Waals surface area contributed by atoms with Crippen LogP contribution in [0.4, 0.5) is 0 Å². The summed E-state index contributed by atoms with van der Waals surface area (Å²) < 4.78 is 15.8. The highest BCUT2D eigenvalue weighted by Gasteiger charge is 2.45. The second kappa shape index (κ2) is 13.0. The van der Waals surface area contributed by atoms with Crippen molar-refractivity contribution in [3.63, 3.8) is 0 Å². The number of hydrogen-bond acceptors (Lipinski definition) is 9. The van der Waals surface area contributed by atoms with Gasteiger partial charge < -0.3 is 40.0 Å². The van der Waals surface area contributed by atoms with Gasteiger partial charge >= 0.3 is 5.97 Å². The second-order valence-electron chi connectivity index (χ2n) is 5.71. The molecule has 1 aliphatic heterocycles. The van der Waals surface area contributed by atoms with Crippen LogP contribution in [-0.2, 0) is 23.8 Å². The Morgan fingerprint density at radius 1 is 1.22 bits per heavy atom. The minimum Gasteiger partial charge on any atom is -0.480 e. The lowest BCUT2D eigenvalue weighted by molar-refractivity contribution is -0.307. The molecule has 1 fully saturated rings. The van der Waals surface area contributed by atoms with E-state index in [1.54, 1.807) is 11.8 Å². The Balaban J connectivity index is 2.32. The van der Waals surface area contributed by atoms with Crippen LogP contribution in [0.1, 0.15) is 6.42 Å². The summed E-state index contributed by atoms with van der Waals surface area (Å²) in [5.41, 5.74) is 0. The molecule has 0 saturated carbocycles. The van der Waals surface area contributed by atoms with Crippen molar-refractivity contribution in [3.8, 4) is 0 Å². The number of aliphatic carboxylic acids is 1. The van der Waals surface area contributed by atoms with Gasteiger partial charge in [-0.05, 0) is 18.2 Å². The Morgan fingerprint density at radius 3 is 2.59 bits per heavy atom. The van der Waals surface area contributed by atoms with Gasteiger partial charge in [-0.2, -0.15) is 11.8 Å². The Labute approximate surface area is 161 Å². The number of ether oxygens (including phenoxy) is 3. The number of rotatable bonds is 13. The fourth-order valence-corrected chi connectivity index (χ4v) is 3.11. The molecule has 156 valence electrons. The number of amides is 1.